The van der Waals surface area contributed by atoms with E-state index >= 15 is 0 Å². The van der Waals surface area contributed by atoms with Gasteiger partial charge in [-0.15, -0.1) is 0 Å². The Balaban J connectivity index is 2.65. The summed E-state index contributed by atoms with van der Waals surface area (Å²) in [7, 11) is 4.21. The average molecular weight is 151 g/mol. The van der Waals surface area contributed by atoms with Crippen LogP contribution in [0.3, 0.4) is 0 Å². The van der Waals surface area contributed by atoms with E-state index in [9.17, 15) is 0 Å². The van der Waals surface area contributed by atoms with Crippen molar-refractivity contribution in [3.63, 3.8) is 0 Å². The van der Waals surface area contributed by atoms with Gasteiger partial charge in [-0.1, -0.05) is 12.2 Å². The van der Waals surface area contributed by atoms with Gasteiger partial charge < -0.3 is 4.90 Å². The van der Waals surface area contributed by atoms with Crippen LogP contribution in [0.25, 0.3) is 0 Å². The minimum Gasteiger partial charge on any atom is -0.381 e. The molecule has 0 unspecified atom stereocenters. The van der Waals surface area contributed by atoms with Crippen molar-refractivity contribution < 1.29 is 0 Å². The zero-order valence-corrected chi connectivity index (χ0v) is 7.72. The molecule has 0 atom stereocenters. The van der Waals surface area contributed by atoms with Crippen molar-refractivity contribution >= 4 is 0 Å². The zero-order valence-electron chi connectivity index (χ0n) is 7.72. The predicted molar refractivity (Wildman–Crippen MR) is 49.3 cm³/mol. The van der Waals surface area contributed by atoms with Crippen LogP contribution in [0.4, 0.5) is 0 Å². The Morgan fingerprint density at radius 1 is 1.45 bits per heavy atom. The Hall–Kier alpha value is -0.720. The average Bonchev–Trinajstić information content (AvgIpc) is 2.63. The number of hydrogen-bond acceptors (Lipinski definition) is 1. The van der Waals surface area contributed by atoms with Crippen molar-refractivity contribution in [1.82, 2.24) is 4.90 Å². The van der Waals surface area contributed by atoms with Gasteiger partial charge >= 0.3 is 0 Å². The van der Waals surface area contributed by atoms with Gasteiger partial charge in [0.2, 0.25) is 0 Å². The standard InChI is InChI=1S/C10H17N/c1-8(2)7-10(11(3)4)9-5-6-9/h7,9H,1,5-6H2,2-4H3/b10-7-. The Kier molecular flexibility index (Phi) is 2.38. The van der Waals surface area contributed by atoms with Crippen molar-refractivity contribution in [2.24, 2.45) is 5.92 Å². The molecule has 1 nitrogen and oxygen atoms in total. The van der Waals surface area contributed by atoms with Crippen LogP contribution < -0.4 is 0 Å². The first-order valence-electron chi connectivity index (χ1n) is 4.15. The van der Waals surface area contributed by atoms with E-state index in [1.54, 1.807) is 0 Å². The number of allylic oxidation sites excluding steroid dienone is 3. The second-order valence-corrected chi connectivity index (χ2v) is 3.58. The molecule has 0 bridgehead atoms. The Labute approximate surface area is 69.4 Å². The summed E-state index contributed by atoms with van der Waals surface area (Å²) >= 11 is 0. The van der Waals surface area contributed by atoms with Gasteiger partial charge in [-0.05, 0) is 31.8 Å². The van der Waals surface area contributed by atoms with Crippen LogP contribution in [0.2, 0.25) is 0 Å². The normalized spacial score (nSPS) is 18.3. The maximum Gasteiger partial charge on any atom is 0.0161 e. The highest BCUT2D eigenvalue weighted by Crippen LogP contribution is 2.37. The largest absolute Gasteiger partial charge is 0.381 e. The third-order valence-corrected chi connectivity index (χ3v) is 1.91. The summed E-state index contributed by atoms with van der Waals surface area (Å²) in [6, 6.07) is 0. The van der Waals surface area contributed by atoms with E-state index in [2.05, 4.69) is 31.7 Å². The molecule has 0 aromatic rings. The fourth-order valence-corrected chi connectivity index (χ4v) is 1.24. The maximum atomic E-state index is 3.88. The molecule has 62 valence electrons. The first kappa shape index (κ1) is 8.38. The van der Waals surface area contributed by atoms with Crippen LogP contribution in [-0.2, 0) is 0 Å². The molecule has 0 aromatic heterocycles. The van der Waals surface area contributed by atoms with Crippen molar-refractivity contribution in [3.8, 4) is 0 Å². The van der Waals surface area contributed by atoms with Crippen molar-refractivity contribution in [1.29, 1.82) is 0 Å². The molecule has 0 amide bonds. The van der Waals surface area contributed by atoms with E-state index in [0.29, 0.717) is 0 Å². The molecule has 0 aromatic carbocycles. The number of nitrogens with zero attached hydrogens (tertiary/aromatic N) is 1. The van der Waals surface area contributed by atoms with E-state index in [4.69, 9.17) is 0 Å². The number of rotatable bonds is 3. The van der Waals surface area contributed by atoms with E-state index in [1.807, 2.05) is 6.92 Å². The Morgan fingerprint density at radius 2 is 2.00 bits per heavy atom. The Bertz CT molecular complexity index is 181. The second-order valence-electron chi connectivity index (χ2n) is 3.58. The highest BCUT2D eigenvalue weighted by Gasteiger charge is 2.26. The van der Waals surface area contributed by atoms with Crippen LogP contribution in [0.1, 0.15) is 19.8 Å². The minimum atomic E-state index is 0.821. The van der Waals surface area contributed by atoms with Gasteiger partial charge in [0.05, 0.1) is 0 Å². The maximum absolute atomic E-state index is 3.88. The molecule has 1 fully saturated rings. The lowest BCUT2D eigenvalue weighted by Gasteiger charge is -2.16. The van der Waals surface area contributed by atoms with Crippen LogP contribution >= 0.6 is 0 Å². The molecule has 1 saturated carbocycles. The summed E-state index contributed by atoms with van der Waals surface area (Å²) < 4.78 is 0. The quantitative estimate of drug-likeness (QED) is 0.560. The molecule has 0 spiro atoms. The first-order valence-corrected chi connectivity index (χ1v) is 4.15. The fraction of sp³-hybridized carbons (Fsp3) is 0.600. The summed E-state index contributed by atoms with van der Waals surface area (Å²) in [4.78, 5) is 2.20. The molecule has 1 aliphatic carbocycles. The van der Waals surface area contributed by atoms with Gasteiger partial charge in [-0.25, -0.2) is 0 Å². The summed E-state index contributed by atoms with van der Waals surface area (Å²) in [5.41, 5.74) is 2.60. The summed E-state index contributed by atoms with van der Waals surface area (Å²) in [5, 5.41) is 0. The van der Waals surface area contributed by atoms with Gasteiger partial charge in [0.1, 0.15) is 0 Å². The van der Waals surface area contributed by atoms with Gasteiger partial charge in [-0.3, -0.25) is 0 Å². The van der Waals surface area contributed by atoms with Crippen LogP contribution in [-0.4, -0.2) is 19.0 Å². The van der Waals surface area contributed by atoms with E-state index in [-0.39, 0.29) is 0 Å². The summed E-state index contributed by atoms with van der Waals surface area (Å²) in [5.74, 6) is 0.821. The van der Waals surface area contributed by atoms with Crippen LogP contribution in [0.15, 0.2) is 23.9 Å². The lowest BCUT2D eigenvalue weighted by Crippen LogP contribution is -2.12. The molecule has 1 aliphatic rings. The smallest absolute Gasteiger partial charge is 0.0161 e. The SMILES string of the molecule is C=C(C)/C=C(/C1CC1)N(C)C. The molecule has 0 N–H and O–H groups in total. The predicted octanol–water partition coefficient (Wildman–Crippen LogP) is 2.42. The lowest BCUT2D eigenvalue weighted by molar-refractivity contribution is 0.478. The number of hydrogen-bond donors (Lipinski definition) is 0. The third-order valence-electron chi connectivity index (χ3n) is 1.91. The molecule has 0 saturated heterocycles. The topological polar surface area (TPSA) is 3.24 Å². The van der Waals surface area contributed by atoms with Crippen LogP contribution in [0, 0.1) is 5.92 Å². The summed E-state index contributed by atoms with van der Waals surface area (Å²) in [6.07, 6.45) is 4.91. The van der Waals surface area contributed by atoms with Gasteiger partial charge in [0.15, 0.2) is 0 Å². The highest BCUT2D eigenvalue weighted by molar-refractivity contribution is 5.22. The van der Waals surface area contributed by atoms with Gasteiger partial charge in [0, 0.05) is 19.8 Å². The molecule has 1 rings (SSSR count). The first-order chi connectivity index (χ1) is 5.11. The summed E-state index contributed by atoms with van der Waals surface area (Å²) in [6.45, 7) is 5.93. The van der Waals surface area contributed by atoms with Crippen molar-refractivity contribution in [2.75, 3.05) is 14.1 Å². The highest BCUT2D eigenvalue weighted by atomic mass is 15.1. The Morgan fingerprint density at radius 3 is 2.27 bits per heavy atom. The third kappa shape index (κ3) is 2.41. The molecule has 11 heavy (non-hydrogen) atoms. The fourth-order valence-electron chi connectivity index (χ4n) is 1.24. The molecule has 1 heteroatoms. The van der Waals surface area contributed by atoms with E-state index in [1.165, 1.54) is 18.5 Å². The van der Waals surface area contributed by atoms with Gasteiger partial charge in [0.25, 0.3) is 0 Å². The van der Waals surface area contributed by atoms with E-state index < -0.39 is 0 Å². The van der Waals surface area contributed by atoms with E-state index in [0.717, 1.165) is 11.5 Å². The molecular formula is C10H17N. The minimum absolute atomic E-state index is 0.821. The molecule has 0 radical (unpaired) electrons. The van der Waals surface area contributed by atoms with Crippen LogP contribution in [0.5, 0.6) is 0 Å². The zero-order chi connectivity index (χ0) is 8.43. The molecule has 0 heterocycles. The van der Waals surface area contributed by atoms with Gasteiger partial charge in [-0.2, -0.15) is 0 Å². The molecule has 0 aliphatic heterocycles. The molecular weight excluding hydrogens is 134 g/mol. The lowest BCUT2D eigenvalue weighted by atomic mass is 10.2. The second kappa shape index (κ2) is 3.12. The van der Waals surface area contributed by atoms with Crippen molar-refractivity contribution in [3.05, 3.63) is 23.9 Å². The van der Waals surface area contributed by atoms with Crippen molar-refractivity contribution in [2.45, 2.75) is 19.8 Å². The monoisotopic (exact) mass is 151 g/mol.